The highest BCUT2D eigenvalue weighted by atomic mass is 16.2. The van der Waals surface area contributed by atoms with Gasteiger partial charge in [0.05, 0.1) is 12.0 Å². The first-order valence-electron chi connectivity index (χ1n) is 11.9. The second-order valence-corrected chi connectivity index (χ2v) is 9.34. The summed E-state index contributed by atoms with van der Waals surface area (Å²) in [7, 11) is 2.11. The molecule has 5 nitrogen and oxygen atoms in total. The molecule has 33 heavy (non-hydrogen) atoms. The molecule has 2 heterocycles. The Hall–Kier alpha value is -3.18. The first kappa shape index (κ1) is 21.7. The number of benzene rings is 3. The third-order valence-corrected chi connectivity index (χ3v) is 7.13. The minimum absolute atomic E-state index is 0.0299. The maximum atomic E-state index is 13.7. The standard InChI is InChI=1S/C28H31N3O2/c1-29-17-18-31(26(20-29)22-10-3-2-4-11-22)27(32)23-13-8-16-30(19-23)28(33)25-15-7-12-21-9-5-6-14-24(21)25/h2-7,9-12,14-15,23,26H,8,13,16-20H2,1H3. The maximum Gasteiger partial charge on any atom is 0.254 e. The Balaban J connectivity index is 1.35. The van der Waals surface area contributed by atoms with E-state index in [9.17, 15) is 9.59 Å². The lowest BCUT2D eigenvalue weighted by molar-refractivity contribution is -0.142. The Labute approximate surface area is 195 Å². The monoisotopic (exact) mass is 441 g/mol. The minimum atomic E-state index is -0.146. The predicted octanol–water partition coefficient (Wildman–Crippen LogP) is 4.21. The Kier molecular flexibility index (Phi) is 6.14. The van der Waals surface area contributed by atoms with E-state index >= 15 is 0 Å². The van der Waals surface area contributed by atoms with Crippen LogP contribution in [0.2, 0.25) is 0 Å². The summed E-state index contributed by atoms with van der Waals surface area (Å²) in [6.45, 7) is 3.63. The molecule has 2 saturated heterocycles. The van der Waals surface area contributed by atoms with Crippen LogP contribution in [-0.4, -0.2) is 66.3 Å². The lowest BCUT2D eigenvalue weighted by Gasteiger charge is -2.43. The van der Waals surface area contributed by atoms with Gasteiger partial charge in [0.2, 0.25) is 5.91 Å². The van der Waals surface area contributed by atoms with Gasteiger partial charge in [-0.25, -0.2) is 0 Å². The minimum Gasteiger partial charge on any atom is -0.338 e. The first-order valence-corrected chi connectivity index (χ1v) is 11.9. The van der Waals surface area contributed by atoms with Crippen molar-refractivity contribution in [2.75, 3.05) is 39.8 Å². The van der Waals surface area contributed by atoms with Crippen molar-refractivity contribution in [3.05, 3.63) is 83.9 Å². The molecule has 0 saturated carbocycles. The van der Waals surface area contributed by atoms with Gasteiger partial charge in [-0.15, -0.1) is 0 Å². The van der Waals surface area contributed by atoms with Gasteiger partial charge in [-0.1, -0.05) is 66.7 Å². The second-order valence-electron chi connectivity index (χ2n) is 9.34. The molecule has 2 aliphatic rings. The van der Waals surface area contributed by atoms with E-state index in [0.29, 0.717) is 13.1 Å². The molecule has 170 valence electrons. The number of carbonyl (C=O) groups is 2. The fraction of sp³-hybridized carbons (Fsp3) is 0.357. The molecule has 2 fully saturated rings. The molecule has 3 aromatic carbocycles. The van der Waals surface area contributed by atoms with Crippen molar-refractivity contribution < 1.29 is 9.59 Å². The zero-order valence-corrected chi connectivity index (χ0v) is 19.2. The number of nitrogens with zero attached hydrogens (tertiary/aromatic N) is 3. The summed E-state index contributed by atoms with van der Waals surface area (Å²) in [5.41, 5.74) is 1.90. The topological polar surface area (TPSA) is 43.9 Å². The molecular formula is C28H31N3O2. The van der Waals surface area contributed by atoms with Gasteiger partial charge in [0.25, 0.3) is 5.91 Å². The number of rotatable bonds is 3. The second kappa shape index (κ2) is 9.36. The molecule has 0 N–H and O–H groups in total. The summed E-state index contributed by atoms with van der Waals surface area (Å²) >= 11 is 0. The van der Waals surface area contributed by atoms with Crippen LogP contribution in [0.15, 0.2) is 72.8 Å². The van der Waals surface area contributed by atoms with Crippen LogP contribution in [0.4, 0.5) is 0 Å². The average molecular weight is 442 g/mol. The summed E-state index contributed by atoms with van der Waals surface area (Å²) in [5, 5.41) is 2.04. The van der Waals surface area contributed by atoms with E-state index in [-0.39, 0.29) is 23.8 Å². The number of amides is 2. The zero-order valence-electron chi connectivity index (χ0n) is 19.2. The van der Waals surface area contributed by atoms with E-state index in [1.165, 1.54) is 5.56 Å². The summed E-state index contributed by atoms with van der Waals surface area (Å²) in [6, 6.07) is 24.3. The van der Waals surface area contributed by atoms with Crippen LogP contribution in [0.1, 0.15) is 34.8 Å². The van der Waals surface area contributed by atoms with E-state index in [4.69, 9.17) is 0 Å². The number of hydrogen-bond donors (Lipinski definition) is 0. The largest absolute Gasteiger partial charge is 0.338 e. The van der Waals surface area contributed by atoms with Gasteiger partial charge in [0.1, 0.15) is 0 Å². The SMILES string of the molecule is CN1CCN(C(=O)C2CCCN(C(=O)c3cccc4ccccc34)C2)C(c2ccccc2)C1. The maximum absolute atomic E-state index is 13.7. The highest BCUT2D eigenvalue weighted by molar-refractivity contribution is 6.07. The smallest absolute Gasteiger partial charge is 0.254 e. The van der Waals surface area contributed by atoms with Gasteiger partial charge in [-0.3, -0.25) is 9.59 Å². The molecule has 2 aliphatic heterocycles. The molecule has 0 spiro atoms. The lowest BCUT2D eigenvalue weighted by Crippen LogP contribution is -2.53. The Morgan fingerprint density at radius 2 is 1.58 bits per heavy atom. The van der Waals surface area contributed by atoms with Crippen molar-refractivity contribution >= 4 is 22.6 Å². The van der Waals surface area contributed by atoms with Crippen LogP contribution >= 0.6 is 0 Å². The molecule has 3 aromatic rings. The van der Waals surface area contributed by atoms with Crippen LogP contribution < -0.4 is 0 Å². The molecule has 0 radical (unpaired) electrons. The number of likely N-dealkylation sites (N-methyl/N-ethyl adjacent to an activating group) is 1. The van der Waals surface area contributed by atoms with Crippen molar-refractivity contribution in [3.8, 4) is 0 Å². The molecule has 5 rings (SSSR count). The molecule has 5 heteroatoms. The summed E-state index contributed by atoms with van der Waals surface area (Å²) < 4.78 is 0. The van der Waals surface area contributed by atoms with Crippen LogP contribution in [0.3, 0.4) is 0 Å². The van der Waals surface area contributed by atoms with Crippen molar-refractivity contribution in [1.82, 2.24) is 14.7 Å². The number of likely N-dealkylation sites (tertiary alicyclic amines) is 1. The van der Waals surface area contributed by atoms with E-state index < -0.39 is 0 Å². The normalized spacial score (nSPS) is 21.8. The van der Waals surface area contributed by atoms with Crippen LogP contribution in [-0.2, 0) is 4.79 Å². The van der Waals surface area contributed by atoms with Crippen molar-refractivity contribution in [2.24, 2.45) is 5.92 Å². The summed E-state index contributed by atoms with van der Waals surface area (Å²) in [4.78, 5) is 33.5. The Bertz CT molecular complexity index is 1140. The molecular weight excluding hydrogens is 410 g/mol. The molecule has 2 unspecified atom stereocenters. The number of piperazine rings is 1. The fourth-order valence-electron chi connectivity index (χ4n) is 5.32. The predicted molar refractivity (Wildman–Crippen MR) is 131 cm³/mol. The van der Waals surface area contributed by atoms with Gasteiger partial charge in [-0.05, 0) is 42.3 Å². The number of hydrogen-bond acceptors (Lipinski definition) is 3. The van der Waals surface area contributed by atoms with E-state index in [1.54, 1.807) is 0 Å². The van der Waals surface area contributed by atoms with Crippen LogP contribution in [0.5, 0.6) is 0 Å². The highest BCUT2D eigenvalue weighted by Crippen LogP contribution is 2.30. The van der Waals surface area contributed by atoms with E-state index in [2.05, 4.69) is 29.0 Å². The third kappa shape index (κ3) is 4.38. The lowest BCUT2D eigenvalue weighted by atomic mass is 9.93. The van der Waals surface area contributed by atoms with Crippen LogP contribution in [0, 0.1) is 5.92 Å². The fourth-order valence-corrected chi connectivity index (χ4v) is 5.32. The van der Waals surface area contributed by atoms with Crippen molar-refractivity contribution in [2.45, 2.75) is 18.9 Å². The molecule has 0 aromatic heterocycles. The van der Waals surface area contributed by atoms with Crippen molar-refractivity contribution in [3.63, 3.8) is 0 Å². The summed E-state index contributed by atoms with van der Waals surface area (Å²) in [5.74, 6) is 0.0713. The molecule has 0 bridgehead atoms. The number of fused-ring (bicyclic) bond motifs is 1. The first-order chi connectivity index (χ1) is 16.1. The van der Waals surface area contributed by atoms with E-state index in [1.807, 2.05) is 65.6 Å². The zero-order chi connectivity index (χ0) is 22.8. The van der Waals surface area contributed by atoms with Crippen molar-refractivity contribution in [1.29, 1.82) is 0 Å². The third-order valence-electron chi connectivity index (χ3n) is 7.13. The van der Waals surface area contributed by atoms with Gasteiger partial charge >= 0.3 is 0 Å². The quantitative estimate of drug-likeness (QED) is 0.612. The molecule has 0 aliphatic carbocycles. The average Bonchev–Trinajstić information content (AvgIpc) is 2.88. The highest BCUT2D eigenvalue weighted by Gasteiger charge is 2.37. The number of carbonyl (C=O) groups excluding carboxylic acids is 2. The number of piperidine rings is 1. The van der Waals surface area contributed by atoms with Gasteiger partial charge in [0.15, 0.2) is 0 Å². The molecule has 2 amide bonds. The van der Waals surface area contributed by atoms with Gasteiger partial charge in [0, 0.05) is 38.3 Å². The van der Waals surface area contributed by atoms with Gasteiger partial charge in [-0.2, -0.15) is 0 Å². The van der Waals surface area contributed by atoms with Gasteiger partial charge < -0.3 is 14.7 Å². The summed E-state index contributed by atoms with van der Waals surface area (Å²) in [6.07, 6.45) is 1.70. The van der Waals surface area contributed by atoms with Crippen LogP contribution in [0.25, 0.3) is 10.8 Å². The Morgan fingerprint density at radius 3 is 2.42 bits per heavy atom. The van der Waals surface area contributed by atoms with E-state index in [0.717, 1.165) is 48.8 Å². The Morgan fingerprint density at radius 1 is 0.818 bits per heavy atom. The molecule has 2 atom stereocenters.